The third kappa shape index (κ3) is 6.62. The predicted octanol–water partition coefficient (Wildman–Crippen LogP) is 4.78. The van der Waals surface area contributed by atoms with Gasteiger partial charge in [0.2, 0.25) is 0 Å². The summed E-state index contributed by atoms with van der Waals surface area (Å²) in [6, 6.07) is 4.52. The third-order valence-electron chi connectivity index (χ3n) is 4.66. The number of halogens is 3. The highest BCUT2D eigenvalue weighted by molar-refractivity contribution is 14.0. The van der Waals surface area contributed by atoms with Crippen LogP contribution in [0.15, 0.2) is 27.7 Å². The molecular weight excluding hydrogens is 494 g/mol. The highest BCUT2D eigenvalue weighted by atomic mass is 127. The zero-order valence-corrected chi connectivity index (χ0v) is 20.1. The van der Waals surface area contributed by atoms with Gasteiger partial charge < -0.3 is 15.2 Å². The van der Waals surface area contributed by atoms with E-state index in [1.807, 2.05) is 13.8 Å². The quantitative estimate of drug-likeness (QED) is 0.238. The second kappa shape index (κ2) is 11.0. The SMILES string of the molecule is CN=C(NCCCc1c(C)noc1C)NCC(C)(C)c1ccc(F)cc1Cl.I. The molecule has 0 saturated carbocycles. The second-order valence-corrected chi connectivity index (χ2v) is 7.67. The summed E-state index contributed by atoms with van der Waals surface area (Å²) in [6.45, 7) is 9.41. The standard InChI is InChI=1S/C20H28ClFN4O.HI/c1-13-16(14(2)27-26-13)7-6-10-24-19(23-5)25-12-20(3,4)17-9-8-15(22)11-18(17)21;/h8-9,11H,6-7,10,12H2,1-5H3,(H2,23,24,25);1H. The Balaban J connectivity index is 0.00000392. The molecule has 0 spiro atoms. The predicted molar refractivity (Wildman–Crippen MR) is 124 cm³/mol. The van der Waals surface area contributed by atoms with E-state index in [0.29, 0.717) is 11.6 Å². The number of guanidine groups is 1. The molecule has 2 N–H and O–H groups in total. The fraction of sp³-hybridized carbons (Fsp3) is 0.500. The van der Waals surface area contributed by atoms with Crippen molar-refractivity contribution in [2.75, 3.05) is 20.1 Å². The number of nitrogens with one attached hydrogen (secondary N) is 2. The molecule has 0 radical (unpaired) electrons. The van der Waals surface area contributed by atoms with E-state index < -0.39 is 0 Å². The van der Waals surface area contributed by atoms with Gasteiger partial charge in [-0.25, -0.2) is 4.39 Å². The Morgan fingerprint density at radius 3 is 2.57 bits per heavy atom. The number of aryl methyl sites for hydroxylation is 2. The fourth-order valence-corrected chi connectivity index (χ4v) is 3.41. The van der Waals surface area contributed by atoms with Crippen LogP contribution in [0.2, 0.25) is 5.02 Å². The lowest BCUT2D eigenvalue weighted by Gasteiger charge is -2.27. The summed E-state index contributed by atoms with van der Waals surface area (Å²) in [7, 11) is 1.74. The van der Waals surface area contributed by atoms with Crippen LogP contribution >= 0.6 is 35.6 Å². The molecular formula is C20H29ClFIN4O. The van der Waals surface area contributed by atoms with Crippen LogP contribution < -0.4 is 10.6 Å². The van der Waals surface area contributed by atoms with Gasteiger partial charge in [-0.05, 0) is 44.4 Å². The first-order valence-electron chi connectivity index (χ1n) is 9.06. The molecule has 1 heterocycles. The average molecular weight is 523 g/mol. The molecule has 5 nitrogen and oxygen atoms in total. The number of rotatable bonds is 7. The molecule has 0 aliphatic heterocycles. The molecule has 1 aromatic heterocycles. The van der Waals surface area contributed by atoms with Gasteiger partial charge in [0.1, 0.15) is 11.6 Å². The van der Waals surface area contributed by atoms with E-state index in [2.05, 4.69) is 34.6 Å². The van der Waals surface area contributed by atoms with Gasteiger partial charge >= 0.3 is 0 Å². The number of hydrogen-bond acceptors (Lipinski definition) is 3. The lowest BCUT2D eigenvalue weighted by molar-refractivity contribution is 0.392. The van der Waals surface area contributed by atoms with Crippen molar-refractivity contribution < 1.29 is 8.91 Å². The van der Waals surface area contributed by atoms with Gasteiger partial charge in [0, 0.05) is 36.1 Å². The maximum atomic E-state index is 13.3. The molecule has 0 amide bonds. The van der Waals surface area contributed by atoms with Crippen LogP contribution in [0, 0.1) is 19.7 Å². The minimum Gasteiger partial charge on any atom is -0.361 e. The van der Waals surface area contributed by atoms with E-state index in [1.165, 1.54) is 17.7 Å². The van der Waals surface area contributed by atoms with E-state index in [4.69, 9.17) is 16.1 Å². The summed E-state index contributed by atoms with van der Waals surface area (Å²) in [6.07, 6.45) is 1.85. The highest BCUT2D eigenvalue weighted by Crippen LogP contribution is 2.29. The Morgan fingerprint density at radius 1 is 1.29 bits per heavy atom. The third-order valence-corrected chi connectivity index (χ3v) is 4.97. The smallest absolute Gasteiger partial charge is 0.191 e. The Hall–Kier alpha value is -1.35. The molecule has 0 aliphatic carbocycles. The van der Waals surface area contributed by atoms with Crippen LogP contribution in [0.25, 0.3) is 0 Å². The van der Waals surface area contributed by atoms with Gasteiger partial charge in [-0.2, -0.15) is 0 Å². The highest BCUT2D eigenvalue weighted by Gasteiger charge is 2.24. The van der Waals surface area contributed by atoms with Gasteiger partial charge in [0.15, 0.2) is 5.96 Å². The number of hydrogen-bond donors (Lipinski definition) is 2. The Morgan fingerprint density at radius 2 is 2.00 bits per heavy atom. The molecule has 0 fully saturated rings. The number of nitrogens with zero attached hydrogens (tertiary/aromatic N) is 2. The molecule has 1 aromatic carbocycles. The van der Waals surface area contributed by atoms with Crippen molar-refractivity contribution in [2.45, 2.75) is 46.0 Å². The largest absolute Gasteiger partial charge is 0.361 e. The molecule has 0 saturated heterocycles. The summed E-state index contributed by atoms with van der Waals surface area (Å²) in [5.74, 6) is 1.27. The van der Waals surface area contributed by atoms with Crippen LogP contribution in [0.3, 0.4) is 0 Å². The minimum atomic E-state index is -0.330. The van der Waals surface area contributed by atoms with Crippen molar-refractivity contribution in [3.63, 3.8) is 0 Å². The number of aromatic nitrogens is 1. The van der Waals surface area contributed by atoms with Crippen LogP contribution in [-0.4, -0.2) is 31.3 Å². The summed E-state index contributed by atoms with van der Waals surface area (Å²) in [5.41, 5.74) is 2.74. The summed E-state index contributed by atoms with van der Waals surface area (Å²) in [4.78, 5) is 4.26. The van der Waals surface area contributed by atoms with Crippen molar-refractivity contribution in [3.05, 3.63) is 51.6 Å². The van der Waals surface area contributed by atoms with Crippen LogP contribution in [0.4, 0.5) is 4.39 Å². The van der Waals surface area contributed by atoms with Crippen molar-refractivity contribution in [2.24, 2.45) is 4.99 Å². The molecule has 2 rings (SSSR count). The molecule has 8 heteroatoms. The first kappa shape index (κ1) is 24.7. The summed E-state index contributed by atoms with van der Waals surface area (Å²) in [5, 5.41) is 11.0. The van der Waals surface area contributed by atoms with E-state index >= 15 is 0 Å². The molecule has 0 unspecified atom stereocenters. The van der Waals surface area contributed by atoms with E-state index in [9.17, 15) is 4.39 Å². The topological polar surface area (TPSA) is 62.5 Å². The zero-order valence-electron chi connectivity index (χ0n) is 17.0. The average Bonchev–Trinajstić information content (AvgIpc) is 2.92. The summed E-state index contributed by atoms with van der Waals surface area (Å²) >= 11 is 6.21. The normalized spacial score (nSPS) is 11.9. The molecule has 0 aliphatic rings. The van der Waals surface area contributed by atoms with Crippen LogP contribution in [0.1, 0.15) is 42.8 Å². The Kier molecular flexibility index (Phi) is 9.69. The van der Waals surface area contributed by atoms with E-state index in [1.54, 1.807) is 13.1 Å². The Bertz CT molecular complexity index is 788. The molecule has 0 bridgehead atoms. The first-order valence-corrected chi connectivity index (χ1v) is 9.44. The zero-order chi connectivity index (χ0) is 20.0. The van der Waals surface area contributed by atoms with Gasteiger partial charge in [-0.1, -0.05) is 36.7 Å². The van der Waals surface area contributed by atoms with Gasteiger partial charge in [0.05, 0.1) is 5.69 Å². The van der Waals surface area contributed by atoms with E-state index in [-0.39, 0.29) is 35.2 Å². The fourth-order valence-electron chi connectivity index (χ4n) is 2.99. The summed E-state index contributed by atoms with van der Waals surface area (Å²) < 4.78 is 18.5. The molecule has 28 heavy (non-hydrogen) atoms. The lowest BCUT2D eigenvalue weighted by Crippen LogP contribution is -2.43. The van der Waals surface area contributed by atoms with Gasteiger partial charge in [0.25, 0.3) is 0 Å². The van der Waals surface area contributed by atoms with E-state index in [0.717, 1.165) is 42.4 Å². The van der Waals surface area contributed by atoms with Crippen molar-refractivity contribution >= 4 is 41.5 Å². The van der Waals surface area contributed by atoms with Gasteiger partial charge in [-0.15, -0.1) is 24.0 Å². The Labute approximate surface area is 188 Å². The van der Waals surface area contributed by atoms with Gasteiger partial charge in [-0.3, -0.25) is 4.99 Å². The maximum Gasteiger partial charge on any atom is 0.191 e. The number of benzene rings is 1. The van der Waals surface area contributed by atoms with Crippen LogP contribution in [-0.2, 0) is 11.8 Å². The van der Waals surface area contributed by atoms with Crippen molar-refractivity contribution in [1.82, 2.24) is 15.8 Å². The molecule has 156 valence electrons. The van der Waals surface area contributed by atoms with Crippen molar-refractivity contribution in [3.8, 4) is 0 Å². The second-order valence-electron chi connectivity index (χ2n) is 7.27. The molecule has 2 aromatic rings. The minimum absolute atomic E-state index is 0. The maximum absolute atomic E-state index is 13.3. The first-order chi connectivity index (χ1) is 12.7. The lowest BCUT2D eigenvalue weighted by atomic mass is 9.84. The molecule has 0 atom stereocenters. The van der Waals surface area contributed by atoms with Crippen LogP contribution in [0.5, 0.6) is 0 Å². The number of aliphatic imine (C=N–C) groups is 1. The van der Waals surface area contributed by atoms with Crippen molar-refractivity contribution in [1.29, 1.82) is 0 Å². The monoisotopic (exact) mass is 522 g/mol.